The van der Waals surface area contributed by atoms with Gasteiger partial charge in [0.1, 0.15) is 10.8 Å². The average molecular weight is 356 g/mol. The Morgan fingerprint density at radius 2 is 2.00 bits per heavy atom. The van der Waals surface area contributed by atoms with E-state index in [0.29, 0.717) is 13.0 Å². The van der Waals surface area contributed by atoms with E-state index in [1.165, 1.54) is 4.70 Å². The summed E-state index contributed by atoms with van der Waals surface area (Å²) >= 11 is 1.67. The summed E-state index contributed by atoms with van der Waals surface area (Å²) < 4.78 is 6.98. The van der Waals surface area contributed by atoms with Gasteiger partial charge in [0.2, 0.25) is 5.91 Å². The Balaban J connectivity index is 1.54. The molecule has 0 bridgehead atoms. The van der Waals surface area contributed by atoms with E-state index >= 15 is 0 Å². The number of nitrogens with zero attached hydrogens (tertiary/aromatic N) is 1. The first-order valence-corrected chi connectivity index (χ1v) is 9.09. The molecule has 2 aromatic carbocycles. The maximum Gasteiger partial charge on any atom is 0.243 e. The Morgan fingerprint density at radius 1 is 1.12 bits per heavy atom. The van der Waals surface area contributed by atoms with Crippen molar-refractivity contribution in [1.29, 1.82) is 0 Å². The van der Waals surface area contributed by atoms with Crippen LogP contribution in [0.2, 0.25) is 0 Å². The fourth-order valence-electron chi connectivity index (χ4n) is 2.52. The van der Waals surface area contributed by atoms with Crippen LogP contribution in [0.5, 0.6) is 5.75 Å². The van der Waals surface area contributed by atoms with Crippen LogP contribution in [0, 0.1) is 0 Å². The van der Waals surface area contributed by atoms with Gasteiger partial charge in [-0.05, 0) is 43.5 Å². The van der Waals surface area contributed by atoms with Crippen LogP contribution in [0.3, 0.4) is 0 Å². The zero-order valence-electron chi connectivity index (χ0n) is 13.8. The molecular weight excluding hydrogens is 336 g/mol. The van der Waals surface area contributed by atoms with Crippen molar-refractivity contribution < 1.29 is 14.7 Å². The molecule has 6 heteroatoms. The molecule has 0 aliphatic carbocycles. The smallest absolute Gasteiger partial charge is 0.243 e. The number of aromatic nitrogens is 1. The summed E-state index contributed by atoms with van der Waals surface area (Å²) in [6.07, 6.45) is 2.82. The van der Waals surface area contributed by atoms with Crippen LogP contribution in [0.25, 0.3) is 20.8 Å². The molecule has 25 heavy (non-hydrogen) atoms. The van der Waals surface area contributed by atoms with Gasteiger partial charge in [-0.3, -0.25) is 10.0 Å². The summed E-state index contributed by atoms with van der Waals surface area (Å²) in [4.78, 5) is 15.6. The van der Waals surface area contributed by atoms with Gasteiger partial charge in [-0.25, -0.2) is 10.5 Å². The van der Waals surface area contributed by atoms with Crippen LogP contribution >= 0.6 is 11.3 Å². The summed E-state index contributed by atoms with van der Waals surface area (Å²) in [5.41, 5.74) is 3.71. The summed E-state index contributed by atoms with van der Waals surface area (Å²) in [5, 5.41) is 9.41. The number of hydrogen-bond donors (Lipinski definition) is 2. The predicted molar refractivity (Wildman–Crippen MR) is 98.9 cm³/mol. The molecule has 130 valence electrons. The number of hydrogen-bond acceptors (Lipinski definition) is 5. The normalized spacial score (nSPS) is 10.8. The predicted octanol–water partition coefficient (Wildman–Crippen LogP) is 4.41. The quantitative estimate of drug-likeness (QED) is 0.356. The molecule has 0 saturated heterocycles. The molecule has 0 unspecified atom stereocenters. The largest absolute Gasteiger partial charge is 0.494 e. The third-order valence-electron chi connectivity index (χ3n) is 3.82. The number of nitrogens with one attached hydrogen (secondary N) is 1. The van der Waals surface area contributed by atoms with Gasteiger partial charge in [0.25, 0.3) is 0 Å². The number of ether oxygens (including phenoxy) is 1. The van der Waals surface area contributed by atoms with Gasteiger partial charge in [0, 0.05) is 12.0 Å². The highest BCUT2D eigenvalue weighted by Crippen LogP contribution is 2.31. The van der Waals surface area contributed by atoms with E-state index in [1.807, 2.05) is 42.5 Å². The fraction of sp³-hybridized carbons (Fsp3) is 0.263. The van der Waals surface area contributed by atoms with Crippen molar-refractivity contribution in [1.82, 2.24) is 10.5 Å². The van der Waals surface area contributed by atoms with E-state index < -0.39 is 0 Å². The van der Waals surface area contributed by atoms with Crippen molar-refractivity contribution >= 4 is 27.5 Å². The standard InChI is InChI=1S/C19H20N2O3S/c22-18(21-23)11-2-1-5-12-24-15-8-6-7-14(13-15)19-20-16-9-3-4-10-17(16)25-19/h3-4,6-10,13,23H,1-2,5,11-12H2,(H,21,22). The SMILES string of the molecule is O=C(CCCCCOc1cccc(-c2nc3ccccc3s2)c1)NO. The third kappa shape index (κ3) is 4.78. The molecule has 2 N–H and O–H groups in total. The van der Waals surface area contributed by atoms with Crippen LogP contribution in [-0.4, -0.2) is 22.7 Å². The molecule has 0 fully saturated rings. The Hall–Kier alpha value is -2.44. The highest BCUT2D eigenvalue weighted by Gasteiger charge is 2.07. The highest BCUT2D eigenvalue weighted by atomic mass is 32.1. The summed E-state index contributed by atoms with van der Waals surface area (Å²) in [7, 11) is 0. The molecule has 1 heterocycles. The van der Waals surface area contributed by atoms with Crippen LogP contribution < -0.4 is 10.2 Å². The lowest BCUT2D eigenvalue weighted by atomic mass is 10.2. The number of para-hydroxylation sites is 1. The molecule has 0 atom stereocenters. The molecule has 3 rings (SSSR count). The number of carbonyl (C=O) groups excluding carboxylic acids is 1. The van der Waals surface area contributed by atoms with Gasteiger partial charge in [-0.15, -0.1) is 11.3 Å². The van der Waals surface area contributed by atoms with Gasteiger partial charge in [0.15, 0.2) is 0 Å². The van der Waals surface area contributed by atoms with Crippen molar-refractivity contribution in [3.8, 4) is 16.3 Å². The van der Waals surface area contributed by atoms with E-state index in [9.17, 15) is 4.79 Å². The van der Waals surface area contributed by atoms with Gasteiger partial charge >= 0.3 is 0 Å². The van der Waals surface area contributed by atoms with E-state index in [2.05, 4.69) is 11.1 Å². The molecule has 0 aliphatic heterocycles. The molecule has 0 radical (unpaired) electrons. The van der Waals surface area contributed by atoms with E-state index in [0.717, 1.165) is 41.1 Å². The van der Waals surface area contributed by atoms with E-state index in [-0.39, 0.29) is 5.91 Å². The van der Waals surface area contributed by atoms with Gasteiger partial charge < -0.3 is 4.74 Å². The van der Waals surface area contributed by atoms with Crippen molar-refractivity contribution in [3.63, 3.8) is 0 Å². The number of amides is 1. The zero-order valence-corrected chi connectivity index (χ0v) is 14.6. The van der Waals surface area contributed by atoms with Crippen LogP contribution in [0.1, 0.15) is 25.7 Å². The Bertz CT molecular complexity index is 814. The number of thiazole rings is 1. The van der Waals surface area contributed by atoms with Crippen LogP contribution in [0.15, 0.2) is 48.5 Å². The van der Waals surface area contributed by atoms with Gasteiger partial charge in [-0.2, -0.15) is 0 Å². The van der Waals surface area contributed by atoms with E-state index in [4.69, 9.17) is 9.94 Å². The third-order valence-corrected chi connectivity index (χ3v) is 4.90. The number of rotatable bonds is 8. The minimum atomic E-state index is -0.343. The van der Waals surface area contributed by atoms with Crippen LogP contribution in [0.4, 0.5) is 0 Å². The number of hydroxylamine groups is 1. The molecule has 0 saturated carbocycles. The molecule has 5 nitrogen and oxygen atoms in total. The van der Waals surface area contributed by atoms with Crippen molar-refractivity contribution in [2.24, 2.45) is 0 Å². The van der Waals surface area contributed by atoms with Crippen LogP contribution in [-0.2, 0) is 4.79 Å². The number of benzene rings is 2. The van der Waals surface area contributed by atoms with Gasteiger partial charge in [-0.1, -0.05) is 24.3 Å². The molecule has 0 spiro atoms. The Morgan fingerprint density at radius 3 is 2.84 bits per heavy atom. The lowest BCUT2D eigenvalue weighted by Crippen LogP contribution is -2.17. The fourth-order valence-corrected chi connectivity index (χ4v) is 3.49. The molecular formula is C19H20N2O3S. The zero-order chi connectivity index (χ0) is 17.5. The number of fused-ring (bicyclic) bond motifs is 1. The van der Waals surface area contributed by atoms with Crippen molar-refractivity contribution in [2.45, 2.75) is 25.7 Å². The lowest BCUT2D eigenvalue weighted by molar-refractivity contribution is -0.129. The first-order valence-electron chi connectivity index (χ1n) is 8.28. The maximum atomic E-state index is 10.9. The van der Waals surface area contributed by atoms with Crippen molar-refractivity contribution in [2.75, 3.05) is 6.61 Å². The lowest BCUT2D eigenvalue weighted by Gasteiger charge is -2.07. The molecule has 1 aromatic heterocycles. The summed E-state index contributed by atoms with van der Waals surface area (Å²) in [6, 6.07) is 16.1. The average Bonchev–Trinajstić information content (AvgIpc) is 3.09. The van der Waals surface area contributed by atoms with Crippen molar-refractivity contribution in [3.05, 3.63) is 48.5 Å². The Kier molecular flexibility index (Phi) is 5.98. The maximum absolute atomic E-state index is 10.9. The second-order valence-corrected chi connectivity index (χ2v) is 6.74. The Labute approximate surface area is 150 Å². The summed E-state index contributed by atoms with van der Waals surface area (Å²) in [6.45, 7) is 0.601. The molecule has 3 aromatic rings. The topological polar surface area (TPSA) is 71.5 Å². The summed E-state index contributed by atoms with van der Waals surface area (Å²) in [5.74, 6) is 0.481. The van der Waals surface area contributed by atoms with Gasteiger partial charge in [0.05, 0.1) is 16.8 Å². The second kappa shape index (κ2) is 8.60. The highest BCUT2D eigenvalue weighted by molar-refractivity contribution is 7.21. The minimum absolute atomic E-state index is 0.337. The number of carbonyl (C=O) groups is 1. The minimum Gasteiger partial charge on any atom is -0.494 e. The van der Waals surface area contributed by atoms with E-state index in [1.54, 1.807) is 16.8 Å². The second-order valence-electron chi connectivity index (χ2n) is 5.71. The first kappa shape index (κ1) is 17.4. The molecule has 0 aliphatic rings. The number of unbranched alkanes of at least 4 members (excludes halogenated alkanes) is 2. The molecule has 1 amide bonds. The first-order chi connectivity index (χ1) is 12.3. The monoisotopic (exact) mass is 356 g/mol.